The number of fused-ring (bicyclic) bond motifs is 1. The van der Waals surface area contributed by atoms with Crippen molar-refractivity contribution in [1.82, 2.24) is 29.9 Å². The molecule has 4 aromatic rings. The molecule has 0 spiro atoms. The van der Waals surface area contributed by atoms with Crippen LogP contribution in [0.5, 0.6) is 0 Å². The van der Waals surface area contributed by atoms with Gasteiger partial charge in [0.05, 0.1) is 36.4 Å². The molecule has 0 aliphatic carbocycles. The van der Waals surface area contributed by atoms with E-state index in [9.17, 15) is 0 Å². The van der Waals surface area contributed by atoms with E-state index in [-0.39, 0.29) is 0 Å². The molecule has 88 valence electrons. The quantitative estimate of drug-likeness (QED) is 0.588. The molecule has 0 aliphatic heterocycles. The number of hydrogen-bond acceptors (Lipinski definition) is 6. The zero-order chi connectivity index (χ0) is 11.9. The van der Waals surface area contributed by atoms with Gasteiger partial charge in [0, 0.05) is 0 Å². The zero-order valence-corrected chi connectivity index (χ0v) is 10.5. The van der Waals surface area contributed by atoms with Crippen LogP contribution < -0.4 is 0 Å². The van der Waals surface area contributed by atoms with E-state index in [2.05, 4.69) is 29.9 Å². The molecule has 18 heavy (non-hydrogen) atoms. The average Bonchev–Trinajstić information content (AvgIpc) is 3.13. The largest absolute Gasteiger partial charge is 0.343 e. The lowest BCUT2D eigenvalue weighted by molar-refractivity contribution is 1.31. The third kappa shape index (κ3) is 1.46. The van der Waals surface area contributed by atoms with E-state index in [4.69, 9.17) is 0 Å². The molecular formula is C10H6N6S2. The van der Waals surface area contributed by atoms with E-state index in [0.717, 1.165) is 31.1 Å². The van der Waals surface area contributed by atoms with E-state index in [1.165, 1.54) is 0 Å². The van der Waals surface area contributed by atoms with Crippen LogP contribution >= 0.6 is 22.7 Å². The van der Waals surface area contributed by atoms with E-state index < -0.39 is 0 Å². The number of aromatic nitrogens is 6. The van der Waals surface area contributed by atoms with Crippen molar-refractivity contribution in [3.05, 3.63) is 25.0 Å². The highest BCUT2D eigenvalue weighted by Crippen LogP contribution is 2.34. The molecule has 0 saturated heterocycles. The van der Waals surface area contributed by atoms with Crippen LogP contribution in [0.1, 0.15) is 0 Å². The van der Waals surface area contributed by atoms with Crippen molar-refractivity contribution in [2.75, 3.05) is 0 Å². The van der Waals surface area contributed by atoms with Gasteiger partial charge >= 0.3 is 0 Å². The molecule has 0 bridgehead atoms. The SMILES string of the molecule is c1ncc(-c2nc3sc(-c4cnc[nH]4)nc3s2)[nH]1. The fraction of sp³-hybridized carbons (Fsp3) is 0. The van der Waals surface area contributed by atoms with Gasteiger partial charge in [-0.25, -0.2) is 19.9 Å². The number of thiazole rings is 2. The molecule has 0 amide bonds. The van der Waals surface area contributed by atoms with Crippen molar-refractivity contribution in [2.45, 2.75) is 0 Å². The van der Waals surface area contributed by atoms with E-state index in [1.807, 2.05) is 0 Å². The normalized spacial score (nSPS) is 11.3. The molecule has 0 fully saturated rings. The fourth-order valence-electron chi connectivity index (χ4n) is 1.62. The highest BCUT2D eigenvalue weighted by Gasteiger charge is 2.13. The molecule has 0 aromatic carbocycles. The first-order valence-electron chi connectivity index (χ1n) is 5.15. The van der Waals surface area contributed by atoms with Crippen molar-refractivity contribution >= 4 is 32.3 Å². The Balaban J connectivity index is 1.82. The van der Waals surface area contributed by atoms with Crippen molar-refractivity contribution in [2.24, 2.45) is 0 Å². The Kier molecular flexibility index (Phi) is 2.05. The summed E-state index contributed by atoms with van der Waals surface area (Å²) in [4.78, 5) is 25.1. The van der Waals surface area contributed by atoms with Crippen molar-refractivity contribution in [3.8, 4) is 21.4 Å². The third-order valence-electron chi connectivity index (χ3n) is 2.43. The van der Waals surface area contributed by atoms with Crippen LogP contribution in [-0.2, 0) is 0 Å². The molecular weight excluding hydrogens is 268 g/mol. The first-order valence-corrected chi connectivity index (χ1v) is 6.78. The van der Waals surface area contributed by atoms with Gasteiger partial charge in [0.2, 0.25) is 0 Å². The molecule has 8 heteroatoms. The minimum absolute atomic E-state index is 0.914. The summed E-state index contributed by atoms with van der Waals surface area (Å²) >= 11 is 3.11. The molecule has 0 atom stereocenters. The molecule has 2 N–H and O–H groups in total. The molecule has 0 saturated carbocycles. The summed E-state index contributed by atoms with van der Waals surface area (Å²) < 4.78 is 0. The first-order chi connectivity index (χ1) is 8.90. The Morgan fingerprint density at radius 2 is 1.28 bits per heavy atom. The van der Waals surface area contributed by atoms with Gasteiger partial charge in [0.1, 0.15) is 10.0 Å². The number of H-pyrrole nitrogens is 2. The van der Waals surface area contributed by atoms with Gasteiger partial charge in [-0.2, -0.15) is 0 Å². The lowest BCUT2D eigenvalue weighted by Gasteiger charge is -1.87. The van der Waals surface area contributed by atoms with Gasteiger partial charge in [-0.15, -0.1) is 0 Å². The Hall–Kier alpha value is -2.06. The lowest BCUT2D eigenvalue weighted by Crippen LogP contribution is -1.74. The highest BCUT2D eigenvalue weighted by atomic mass is 32.1. The van der Waals surface area contributed by atoms with E-state index in [1.54, 1.807) is 47.7 Å². The number of hydrogen-bond donors (Lipinski definition) is 2. The summed E-state index contributed by atoms with van der Waals surface area (Å²) in [6.07, 6.45) is 6.82. The Labute approximate surface area is 109 Å². The van der Waals surface area contributed by atoms with Crippen LogP contribution in [0.15, 0.2) is 25.0 Å². The predicted octanol–water partition coefficient (Wildman–Crippen LogP) is 2.53. The van der Waals surface area contributed by atoms with Crippen molar-refractivity contribution < 1.29 is 0 Å². The standard InChI is InChI=1S/C10H6N6S2/c1-5(13-3-11-1)7-15-9-10(17-7)16-8(18-9)6-2-12-4-14-6/h1-4H,(H,11,13)(H,12,14). The van der Waals surface area contributed by atoms with Crippen LogP contribution in [0.3, 0.4) is 0 Å². The smallest absolute Gasteiger partial charge is 0.156 e. The topological polar surface area (TPSA) is 83.1 Å². The van der Waals surface area contributed by atoms with E-state index >= 15 is 0 Å². The molecule has 0 radical (unpaired) electrons. The number of nitrogens with one attached hydrogen (secondary N) is 2. The molecule has 0 unspecified atom stereocenters. The van der Waals surface area contributed by atoms with Gasteiger partial charge in [-0.05, 0) is 0 Å². The van der Waals surface area contributed by atoms with Crippen molar-refractivity contribution in [3.63, 3.8) is 0 Å². The molecule has 4 rings (SSSR count). The second-order valence-corrected chi connectivity index (χ2v) is 5.53. The minimum atomic E-state index is 0.914. The Morgan fingerprint density at radius 1 is 0.778 bits per heavy atom. The fourth-order valence-corrected chi connectivity index (χ4v) is 3.61. The van der Waals surface area contributed by atoms with Gasteiger partial charge in [-0.1, -0.05) is 22.7 Å². The summed E-state index contributed by atoms with van der Waals surface area (Å²) in [5, 5.41) is 1.83. The summed E-state index contributed by atoms with van der Waals surface area (Å²) in [7, 11) is 0. The van der Waals surface area contributed by atoms with Gasteiger partial charge in [0.15, 0.2) is 9.66 Å². The maximum absolute atomic E-state index is 4.55. The Morgan fingerprint density at radius 3 is 1.67 bits per heavy atom. The number of nitrogens with zero attached hydrogens (tertiary/aromatic N) is 4. The van der Waals surface area contributed by atoms with Crippen LogP contribution in [0.25, 0.3) is 31.1 Å². The van der Waals surface area contributed by atoms with E-state index in [0.29, 0.717) is 0 Å². The summed E-state index contributed by atoms with van der Waals surface area (Å²) in [6, 6.07) is 0. The van der Waals surface area contributed by atoms with Gasteiger partial charge < -0.3 is 9.97 Å². The maximum Gasteiger partial charge on any atom is 0.156 e. The molecule has 0 aliphatic rings. The highest BCUT2D eigenvalue weighted by molar-refractivity contribution is 7.29. The van der Waals surface area contributed by atoms with Crippen molar-refractivity contribution in [1.29, 1.82) is 0 Å². The number of aromatic amines is 2. The molecule has 4 aromatic heterocycles. The second-order valence-electron chi connectivity index (χ2n) is 3.58. The minimum Gasteiger partial charge on any atom is -0.343 e. The molecule has 4 heterocycles. The average molecular weight is 274 g/mol. The van der Waals surface area contributed by atoms with Crippen LogP contribution in [0.2, 0.25) is 0 Å². The van der Waals surface area contributed by atoms with Gasteiger partial charge in [0.25, 0.3) is 0 Å². The van der Waals surface area contributed by atoms with Crippen LogP contribution in [0.4, 0.5) is 0 Å². The van der Waals surface area contributed by atoms with Gasteiger partial charge in [-0.3, -0.25) is 0 Å². The van der Waals surface area contributed by atoms with Crippen LogP contribution in [-0.4, -0.2) is 29.9 Å². The monoisotopic (exact) mass is 274 g/mol. The third-order valence-corrected chi connectivity index (χ3v) is 4.53. The summed E-state index contributed by atoms with van der Waals surface area (Å²) in [6.45, 7) is 0. The zero-order valence-electron chi connectivity index (χ0n) is 8.91. The number of imidazole rings is 2. The summed E-state index contributed by atoms with van der Waals surface area (Å²) in [5.41, 5.74) is 1.85. The van der Waals surface area contributed by atoms with Crippen LogP contribution in [0, 0.1) is 0 Å². The summed E-state index contributed by atoms with van der Waals surface area (Å²) in [5.74, 6) is 0. The molecule has 6 nitrogen and oxygen atoms in total. The lowest BCUT2D eigenvalue weighted by atomic mass is 10.5. The second kappa shape index (κ2) is 3.72. The Bertz CT molecular complexity index is 685. The predicted molar refractivity (Wildman–Crippen MR) is 70.5 cm³/mol. The first kappa shape index (κ1) is 9.92. The number of rotatable bonds is 2. The maximum atomic E-state index is 4.55.